The third kappa shape index (κ3) is 3.07. The molecule has 2 amide bonds. The van der Waals surface area contributed by atoms with Crippen LogP contribution < -0.4 is 5.32 Å². The summed E-state index contributed by atoms with van der Waals surface area (Å²) in [6.45, 7) is 2.48. The van der Waals surface area contributed by atoms with Crippen molar-refractivity contribution < 1.29 is 24.5 Å². The molecular formula is C9H16N2O5. The van der Waals surface area contributed by atoms with Crippen molar-refractivity contribution >= 4 is 12.0 Å². The Morgan fingerprint density at radius 3 is 2.81 bits per heavy atom. The van der Waals surface area contributed by atoms with Crippen LogP contribution in [0, 0.1) is 0 Å². The minimum Gasteiger partial charge on any atom is -0.480 e. The second-order valence-corrected chi connectivity index (χ2v) is 3.64. The van der Waals surface area contributed by atoms with Crippen molar-refractivity contribution in [2.45, 2.75) is 19.0 Å². The maximum absolute atomic E-state index is 11.7. The van der Waals surface area contributed by atoms with Crippen LogP contribution in [0.15, 0.2) is 0 Å². The number of ether oxygens (including phenoxy) is 1. The maximum Gasteiger partial charge on any atom is 0.328 e. The second kappa shape index (κ2) is 5.66. The highest BCUT2D eigenvalue weighted by Crippen LogP contribution is 2.06. The Labute approximate surface area is 93.0 Å². The standard InChI is InChI=1S/C9H16N2O5/c1-6-5-16-3-2-11(6)9(15)10-7(4-12)8(13)14/h6-7,12H,2-5H2,1H3,(H,10,15)(H,13,14). The zero-order valence-electron chi connectivity index (χ0n) is 9.05. The second-order valence-electron chi connectivity index (χ2n) is 3.64. The van der Waals surface area contributed by atoms with Gasteiger partial charge >= 0.3 is 12.0 Å². The Balaban J connectivity index is 2.52. The van der Waals surface area contributed by atoms with Crippen LogP contribution in [-0.4, -0.2) is 65.6 Å². The third-order valence-corrected chi connectivity index (χ3v) is 2.41. The average Bonchev–Trinajstić information content (AvgIpc) is 2.25. The molecule has 0 aromatic heterocycles. The summed E-state index contributed by atoms with van der Waals surface area (Å²) in [5, 5.41) is 19.7. The zero-order chi connectivity index (χ0) is 12.1. The molecule has 7 nitrogen and oxygen atoms in total. The fourth-order valence-corrected chi connectivity index (χ4v) is 1.45. The molecule has 2 unspecified atom stereocenters. The molecule has 0 spiro atoms. The summed E-state index contributed by atoms with van der Waals surface area (Å²) in [7, 11) is 0. The fourth-order valence-electron chi connectivity index (χ4n) is 1.45. The summed E-state index contributed by atoms with van der Waals surface area (Å²) < 4.78 is 5.15. The number of carboxylic acids is 1. The summed E-state index contributed by atoms with van der Waals surface area (Å²) in [6, 6.07) is -1.85. The number of hydrogen-bond donors (Lipinski definition) is 3. The van der Waals surface area contributed by atoms with Gasteiger partial charge in [-0.15, -0.1) is 0 Å². The first-order chi connectivity index (χ1) is 7.56. The lowest BCUT2D eigenvalue weighted by atomic mass is 10.2. The monoisotopic (exact) mass is 232 g/mol. The SMILES string of the molecule is CC1COCCN1C(=O)NC(CO)C(=O)O. The number of nitrogens with one attached hydrogen (secondary N) is 1. The molecule has 2 atom stereocenters. The van der Waals surface area contributed by atoms with E-state index in [-0.39, 0.29) is 6.04 Å². The topological polar surface area (TPSA) is 99.1 Å². The van der Waals surface area contributed by atoms with Gasteiger partial charge in [-0.3, -0.25) is 0 Å². The minimum absolute atomic E-state index is 0.0955. The van der Waals surface area contributed by atoms with Crippen LogP contribution in [0.2, 0.25) is 0 Å². The van der Waals surface area contributed by atoms with E-state index in [4.69, 9.17) is 14.9 Å². The summed E-state index contributed by atoms with van der Waals surface area (Å²) >= 11 is 0. The number of urea groups is 1. The van der Waals surface area contributed by atoms with E-state index in [1.54, 1.807) is 0 Å². The molecule has 3 N–H and O–H groups in total. The van der Waals surface area contributed by atoms with Crippen molar-refractivity contribution in [3.63, 3.8) is 0 Å². The Kier molecular flexibility index (Phi) is 4.51. The molecule has 1 saturated heterocycles. The number of aliphatic carboxylic acids is 1. The number of nitrogens with zero attached hydrogens (tertiary/aromatic N) is 1. The normalized spacial score (nSPS) is 22.6. The number of carbonyl (C=O) groups excluding carboxylic acids is 1. The molecule has 16 heavy (non-hydrogen) atoms. The van der Waals surface area contributed by atoms with Crippen LogP contribution in [0.1, 0.15) is 6.92 Å². The van der Waals surface area contributed by atoms with Crippen LogP contribution >= 0.6 is 0 Å². The highest BCUT2D eigenvalue weighted by atomic mass is 16.5. The summed E-state index contributed by atoms with van der Waals surface area (Å²) in [6.07, 6.45) is 0. The summed E-state index contributed by atoms with van der Waals surface area (Å²) in [5.41, 5.74) is 0. The highest BCUT2D eigenvalue weighted by Gasteiger charge is 2.27. The van der Waals surface area contributed by atoms with Gasteiger partial charge in [-0.05, 0) is 6.92 Å². The highest BCUT2D eigenvalue weighted by molar-refractivity contribution is 5.82. The first-order valence-corrected chi connectivity index (χ1v) is 5.04. The van der Waals surface area contributed by atoms with Crippen LogP contribution in [-0.2, 0) is 9.53 Å². The molecule has 0 radical (unpaired) electrons. The van der Waals surface area contributed by atoms with E-state index in [0.717, 1.165) is 0 Å². The fraction of sp³-hybridized carbons (Fsp3) is 0.778. The third-order valence-electron chi connectivity index (χ3n) is 2.41. The molecule has 7 heteroatoms. The predicted molar refractivity (Wildman–Crippen MR) is 54.0 cm³/mol. The number of carboxylic acid groups (broad SMARTS) is 1. The molecule has 0 aliphatic carbocycles. The Hall–Kier alpha value is -1.34. The van der Waals surface area contributed by atoms with Crippen molar-refractivity contribution in [1.29, 1.82) is 0 Å². The van der Waals surface area contributed by atoms with Gasteiger partial charge in [-0.1, -0.05) is 0 Å². The smallest absolute Gasteiger partial charge is 0.328 e. The number of amides is 2. The van der Waals surface area contributed by atoms with E-state index >= 15 is 0 Å². The summed E-state index contributed by atoms with van der Waals surface area (Å²) in [4.78, 5) is 23.8. The van der Waals surface area contributed by atoms with Crippen LogP contribution in [0.5, 0.6) is 0 Å². The Bertz CT molecular complexity index is 271. The molecule has 0 aromatic carbocycles. The van der Waals surface area contributed by atoms with Gasteiger partial charge < -0.3 is 25.2 Å². The molecule has 0 saturated carbocycles. The van der Waals surface area contributed by atoms with Crippen molar-refractivity contribution in [3.8, 4) is 0 Å². The lowest BCUT2D eigenvalue weighted by Crippen LogP contribution is -2.55. The van der Waals surface area contributed by atoms with Gasteiger partial charge in [0, 0.05) is 6.54 Å². The van der Waals surface area contributed by atoms with E-state index in [0.29, 0.717) is 19.8 Å². The Morgan fingerprint density at radius 1 is 1.62 bits per heavy atom. The minimum atomic E-state index is -1.26. The molecule has 0 aromatic rings. The Morgan fingerprint density at radius 2 is 2.31 bits per heavy atom. The van der Waals surface area contributed by atoms with Crippen LogP contribution in [0.4, 0.5) is 4.79 Å². The van der Waals surface area contributed by atoms with Gasteiger partial charge in [0.15, 0.2) is 6.04 Å². The van der Waals surface area contributed by atoms with Crippen LogP contribution in [0.25, 0.3) is 0 Å². The van der Waals surface area contributed by atoms with E-state index in [9.17, 15) is 9.59 Å². The number of aliphatic hydroxyl groups excluding tert-OH is 1. The molecule has 1 aliphatic rings. The van der Waals surface area contributed by atoms with Crippen molar-refractivity contribution in [2.24, 2.45) is 0 Å². The van der Waals surface area contributed by atoms with Crippen molar-refractivity contribution in [1.82, 2.24) is 10.2 Å². The molecule has 1 heterocycles. The molecule has 1 fully saturated rings. The number of carbonyl (C=O) groups is 2. The number of hydrogen-bond acceptors (Lipinski definition) is 4. The van der Waals surface area contributed by atoms with Gasteiger partial charge in [-0.2, -0.15) is 0 Å². The van der Waals surface area contributed by atoms with Crippen molar-refractivity contribution in [2.75, 3.05) is 26.4 Å². The largest absolute Gasteiger partial charge is 0.480 e. The van der Waals surface area contributed by atoms with E-state index in [1.165, 1.54) is 4.90 Å². The molecule has 1 rings (SSSR count). The first kappa shape index (κ1) is 12.7. The van der Waals surface area contributed by atoms with Gasteiger partial charge in [0.25, 0.3) is 0 Å². The zero-order valence-corrected chi connectivity index (χ0v) is 9.05. The number of rotatable bonds is 3. The molecule has 0 bridgehead atoms. The quantitative estimate of drug-likeness (QED) is 0.571. The maximum atomic E-state index is 11.7. The molecule has 92 valence electrons. The van der Waals surface area contributed by atoms with E-state index < -0.39 is 24.6 Å². The average molecular weight is 232 g/mol. The lowest BCUT2D eigenvalue weighted by Gasteiger charge is -2.33. The molecular weight excluding hydrogens is 216 g/mol. The van der Waals surface area contributed by atoms with Gasteiger partial charge in [0.1, 0.15) is 0 Å². The van der Waals surface area contributed by atoms with E-state index in [1.807, 2.05) is 6.92 Å². The van der Waals surface area contributed by atoms with Gasteiger partial charge in [-0.25, -0.2) is 9.59 Å². The molecule has 1 aliphatic heterocycles. The number of aliphatic hydroxyl groups is 1. The number of morpholine rings is 1. The predicted octanol–water partition coefficient (Wildman–Crippen LogP) is -1.14. The lowest BCUT2D eigenvalue weighted by molar-refractivity contribution is -0.140. The van der Waals surface area contributed by atoms with Crippen molar-refractivity contribution in [3.05, 3.63) is 0 Å². The van der Waals surface area contributed by atoms with Crippen LogP contribution in [0.3, 0.4) is 0 Å². The van der Waals surface area contributed by atoms with Gasteiger partial charge in [0.05, 0.1) is 25.9 Å². The van der Waals surface area contributed by atoms with E-state index in [2.05, 4.69) is 5.32 Å². The van der Waals surface area contributed by atoms with Gasteiger partial charge in [0.2, 0.25) is 0 Å². The summed E-state index contributed by atoms with van der Waals surface area (Å²) in [5.74, 6) is -1.25. The first-order valence-electron chi connectivity index (χ1n) is 5.04.